The van der Waals surface area contributed by atoms with E-state index in [0.717, 1.165) is 70.1 Å². The van der Waals surface area contributed by atoms with Gasteiger partial charge in [-0.05, 0) is 98.9 Å². The normalized spacial score (nSPS) is 23.9. The van der Waals surface area contributed by atoms with Crippen molar-refractivity contribution in [2.75, 3.05) is 82.1 Å². The Hall–Kier alpha value is -7.52. The predicted octanol–water partition coefficient (Wildman–Crippen LogP) is 5.66. The predicted molar refractivity (Wildman–Crippen MR) is 339 cm³/mol. The van der Waals surface area contributed by atoms with Crippen molar-refractivity contribution >= 4 is 76.6 Å². The number of nitrogens with one attached hydrogen (secondary N) is 3. The molecular weight excluding hydrogens is 1260 g/mol. The molecule has 22 nitrogen and oxygen atoms in total. The first-order chi connectivity index (χ1) is 43.7. The molecule has 0 bridgehead atoms. The molecular formula is C65H94ClF6N11O11. The monoisotopic (exact) mass is 1350 g/mol. The average Bonchev–Trinajstić information content (AvgIpc) is 1.15. The molecule has 1 unspecified atom stereocenters. The van der Waals surface area contributed by atoms with Crippen molar-refractivity contribution in [3.05, 3.63) is 69.7 Å². The zero-order chi connectivity index (χ0) is 71.0. The Labute approximate surface area is 552 Å². The molecule has 4 rings (SSSR count). The van der Waals surface area contributed by atoms with Crippen molar-refractivity contribution in [3.63, 3.8) is 0 Å². The molecule has 29 heteroatoms. The van der Waals surface area contributed by atoms with Gasteiger partial charge in [-0.15, -0.1) is 0 Å². The van der Waals surface area contributed by atoms with Crippen LogP contribution in [0.1, 0.15) is 129 Å². The van der Waals surface area contributed by atoms with Crippen LogP contribution < -0.4 is 16.0 Å². The van der Waals surface area contributed by atoms with E-state index in [1.165, 1.54) is 60.9 Å². The fourth-order valence-corrected chi connectivity index (χ4v) is 11.8. The van der Waals surface area contributed by atoms with E-state index in [9.17, 15) is 79.1 Å². The number of halogens is 7. The molecule has 0 radical (unpaired) electrons. The molecule has 2 aliphatic rings. The molecule has 2 aliphatic heterocycles. The summed E-state index contributed by atoms with van der Waals surface area (Å²) in [6.45, 7) is 10.2. The second-order valence-corrected chi connectivity index (χ2v) is 26.1. The molecule has 2 saturated heterocycles. The molecule has 0 spiro atoms. The number of carbonyl (C=O) groups excluding carboxylic acids is 11. The third-order valence-corrected chi connectivity index (χ3v) is 18.0. The third kappa shape index (κ3) is 21.5. The average molecular weight is 1350 g/mol. The van der Waals surface area contributed by atoms with E-state index in [0.29, 0.717) is 12.8 Å². The highest BCUT2D eigenvalue weighted by Gasteiger charge is 2.42. The van der Waals surface area contributed by atoms with Crippen molar-refractivity contribution < 1.29 is 79.1 Å². The van der Waals surface area contributed by atoms with Crippen molar-refractivity contribution in [1.29, 1.82) is 0 Å². The van der Waals surface area contributed by atoms with E-state index < -0.39 is 167 Å². The molecule has 2 aromatic carbocycles. The van der Waals surface area contributed by atoms with E-state index in [2.05, 4.69) is 16.0 Å². The quantitative estimate of drug-likeness (QED) is 0.245. The van der Waals surface area contributed by atoms with Gasteiger partial charge in [0.2, 0.25) is 65.0 Å². The van der Waals surface area contributed by atoms with Gasteiger partial charge < -0.3 is 55.1 Å². The number of rotatable bonds is 10. The van der Waals surface area contributed by atoms with Crippen LogP contribution in [0.15, 0.2) is 42.5 Å². The Balaban J connectivity index is 1.76. The molecule has 2 heterocycles. The number of alkyl halides is 6. The molecule has 11 amide bonds. The van der Waals surface area contributed by atoms with Gasteiger partial charge in [0, 0.05) is 87.7 Å². The summed E-state index contributed by atoms with van der Waals surface area (Å²) in [5.41, 5.74) is -2.42. The lowest BCUT2D eigenvalue weighted by Gasteiger charge is -2.37. The first-order valence-corrected chi connectivity index (χ1v) is 32.1. The lowest BCUT2D eigenvalue weighted by molar-refractivity contribution is -0.149. The van der Waals surface area contributed by atoms with E-state index in [1.807, 2.05) is 13.8 Å². The van der Waals surface area contributed by atoms with Crippen molar-refractivity contribution in [2.45, 2.75) is 174 Å². The number of benzene rings is 2. The van der Waals surface area contributed by atoms with E-state index in [4.69, 9.17) is 11.6 Å². The minimum atomic E-state index is -4.93. The maximum absolute atomic E-state index is 14.7. The van der Waals surface area contributed by atoms with Gasteiger partial charge in [0.25, 0.3) is 0 Å². The molecule has 0 aliphatic carbocycles. The summed E-state index contributed by atoms with van der Waals surface area (Å²) in [5.74, 6) is -8.88. The second kappa shape index (κ2) is 34.8. The Morgan fingerprint density at radius 1 is 0.617 bits per heavy atom. The van der Waals surface area contributed by atoms with Gasteiger partial charge >= 0.3 is 12.4 Å². The van der Waals surface area contributed by atoms with E-state index in [-0.39, 0.29) is 87.8 Å². The molecule has 3 N–H and O–H groups in total. The Morgan fingerprint density at radius 2 is 1.22 bits per heavy atom. The lowest BCUT2D eigenvalue weighted by atomic mass is 9.95. The topological polar surface area (TPSA) is 250 Å². The number of amides is 11. The van der Waals surface area contributed by atoms with Crippen LogP contribution in [0.5, 0.6) is 0 Å². The number of hydrogen-bond donors (Lipinski definition) is 3. The zero-order valence-electron chi connectivity index (χ0n) is 56.3. The number of carbonyl (C=O) groups is 11. The Morgan fingerprint density at radius 3 is 1.82 bits per heavy atom. The highest BCUT2D eigenvalue weighted by Crippen LogP contribution is 2.36. The zero-order valence-corrected chi connectivity index (χ0v) is 57.1. The Kier molecular flexibility index (Phi) is 29.2. The third-order valence-electron chi connectivity index (χ3n) is 17.6. The number of aryl methyl sites for hydroxylation is 1. The molecule has 0 saturated carbocycles. The summed E-state index contributed by atoms with van der Waals surface area (Å²) in [7, 11) is 9.22. The van der Waals surface area contributed by atoms with Crippen LogP contribution in [0.2, 0.25) is 5.02 Å². The van der Waals surface area contributed by atoms with Crippen LogP contribution in [0, 0.1) is 17.8 Å². The summed E-state index contributed by atoms with van der Waals surface area (Å²) < 4.78 is 84.6. The summed E-state index contributed by atoms with van der Waals surface area (Å²) in [6, 6.07) is -1.08. The van der Waals surface area contributed by atoms with Gasteiger partial charge in [0.1, 0.15) is 36.3 Å². The maximum atomic E-state index is 14.7. The number of likely N-dealkylation sites (N-methyl/N-ethyl adjacent to an activating group) is 7. The molecule has 94 heavy (non-hydrogen) atoms. The van der Waals surface area contributed by atoms with E-state index in [1.54, 1.807) is 34.6 Å². The Bertz CT molecular complexity index is 3040. The highest BCUT2D eigenvalue weighted by molar-refractivity contribution is 6.31. The van der Waals surface area contributed by atoms with Gasteiger partial charge in [-0.3, -0.25) is 52.7 Å². The first kappa shape index (κ1) is 78.9. The van der Waals surface area contributed by atoms with Crippen LogP contribution >= 0.6 is 11.6 Å². The largest absolute Gasteiger partial charge is 0.417 e. The lowest BCUT2D eigenvalue weighted by Crippen LogP contribution is -2.58. The molecule has 524 valence electrons. The smallest absolute Gasteiger partial charge is 0.354 e. The molecule has 2 aromatic rings. The molecule has 8 atom stereocenters. The van der Waals surface area contributed by atoms with Gasteiger partial charge in [0.15, 0.2) is 0 Å². The molecule has 0 aromatic heterocycles. The van der Waals surface area contributed by atoms with Crippen molar-refractivity contribution in [3.8, 4) is 0 Å². The summed E-state index contributed by atoms with van der Waals surface area (Å²) in [6.07, 6.45) is -9.53. The number of fused-ring (bicyclic) bond motifs is 1. The van der Waals surface area contributed by atoms with Crippen LogP contribution in [-0.4, -0.2) is 229 Å². The van der Waals surface area contributed by atoms with Crippen LogP contribution in [0.25, 0.3) is 0 Å². The molecule has 2 fully saturated rings. The summed E-state index contributed by atoms with van der Waals surface area (Å²) >= 11 is 6.04. The minimum absolute atomic E-state index is 0.0260. The van der Waals surface area contributed by atoms with Crippen LogP contribution in [-0.2, 0) is 77.9 Å². The number of nitrogens with zero attached hydrogens (tertiary/aromatic N) is 8. The fraction of sp³-hybridized carbons (Fsp3) is 0.646. The van der Waals surface area contributed by atoms with E-state index >= 15 is 0 Å². The standard InChI is InChI=1S/C65H94ClF6N11O11/c1-15-40(6)56-62(93)78(10)36-54(87)76(8)37-55(88)81(13)50(34-43-21-16-17-22-44(43)64(67,68)69)61(92)77(9)35-51(84)74-47(28-26-42-25-27-45(46(66)33-42)65(70,71)72)60(91)83-30-20-23-48(83)58(89)73-29-19-18-24-52(85)82(14)57(39(4)5)63(94)79(11)41(7)32-53(86)80(12)49(31-38(2)3)59(90)75-56/h16-17,21-22,25,27,33,38-41,47-50,56-57H,15,18-20,23-24,26,28-32,34-37H2,1-14H3,(H,73,89)(H,74,84)(H,75,90)/t40?,41-,47+,48+,49+,50+,56+,57+/m1/s1. The maximum Gasteiger partial charge on any atom is 0.417 e. The van der Waals surface area contributed by atoms with Gasteiger partial charge in [0.05, 0.1) is 35.8 Å². The first-order valence-electron chi connectivity index (χ1n) is 31.7. The van der Waals surface area contributed by atoms with Gasteiger partial charge in [-0.1, -0.05) is 83.8 Å². The van der Waals surface area contributed by atoms with Crippen LogP contribution in [0.4, 0.5) is 26.3 Å². The number of hydrogen-bond acceptors (Lipinski definition) is 11. The highest BCUT2D eigenvalue weighted by atomic mass is 35.5. The second-order valence-electron chi connectivity index (χ2n) is 25.6. The van der Waals surface area contributed by atoms with Crippen LogP contribution in [0.3, 0.4) is 0 Å². The summed E-state index contributed by atoms with van der Waals surface area (Å²) in [5, 5.41) is 7.58. The summed E-state index contributed by atoms with van der Waals surface area (Å²) in [4.78, 5) is 165. The minimum Gasteiger partial charge on any atom is -0.354 e. The van der Waals surface area contributed by atoms with Gasteiger partial charge in [-0.25, -0.2) is 0 Å². The fourth-order valence-electron chi connectivity index (χ4n) is 11.5. The van der Waals surface area contributed by atoms with Crippen molar-refractivity contribution in [2.24, 2.45) is 17.8 Å². The SMILES string of the molecule is CCC(C)[C@@H]1NC(=O)[C@H](CC(C)C)N(C)C(=O)C[C@@H](C)N(C)C(=O)[C@H](C(C)C)N(C)C(=O)CCCCNC(=O)[C@@H]2CCCN2C(=O)[C@H](CCc2ccc(C(F)(F)F)c(Cl)c2)NC(=O)CN(C)C(=O)[C@H](Cc2ccccc2C(F)(F)F)N(C)C(=O)CN(C)C(=O)CN(C)C1=O. The van der Waals surface area contributed by atoms with Gasteiger partial charge in [-0.2, -0.15) is 26.3 Å². The van der Waals surface area contributed by atoms with Crippen molar-refractivity contribution in [1.82, 2.24) is 55.1 Å².